The number of aryl methyl sites for hydroxylation is 1. The van der Waals surface area contributed by atoms with Crippen molar-refractivity contribution < 1.29 is 14.6 Å². The predicted molar refractivity (Wildman–Crippen MR) is 92.2 cm³/mol. The fraction of sp³-hybridized carbons (Fsp3) is 0.263. The molecule has 0 radical (unpaired) electrons. The van der Waals surface area contributed by atoms with Gasteiger partial charge >= 0.3 is 0 Å². The minimum absolute atomic E-state index is 0.432. The molecule has 6 nitrogen and oxygen atoms in total. The monoisotopic (exact) mass is 337 g/mol. The molecule has 0 spiro atoms. The van der Waals surface area contributed by atoms with Crippen LogP contribution in [0, 0.1) is 6.92 Å². The standard InChI is InChI=1S/C19H19N3O3/c1-13-11-14(24-2)7-8-16(13)22-12-18(20-21-22)19(23)9-10-25-17-6-4-3-5-15(17)19/h3-8,11-12,23H,9-10H2,1-2H3. The van der Waals surface area contributed by atoms with Crippen LogP contribution in [0.2, 0.25) is 0 Å². The topological polar surface area (TPSA) is 69.4 Å². The lowest BCUT2D eigenvalue weighted by Gasteiger charge is -2.32. The Kier molecular flexibility index (Phi) is 3.69. The van der Waals surface area contributed by atoms with Crippen LogP contribution in [0.1, 0.15) is 23.2 Å². The van der Waals surface area contributed by atoms with Crippen molar-refractivity contribution in [1.29, 1.82) is 0 Å². The lowest BCUT2D eigenvalue weighted by molar-refractivity contribution is 0.0310. The van der Waals surface area contributed by atoms with Gasteiger partial charge in [-0.05, 0) is 36.8 Å². The van der Waals surface area contributed by atoms with E-state index in [-0.39, 0.29) is 0 Å². The van der Waals surface area contributed by atoms with Crippen molar-refractivity contribution >= 4 is 0 Å². The van der Waals surface area contributed by atoms with Crippen LogP contribution in [0.4, 0.5) is 0 Å². The predicted octanol–water partition coefficient (Wildman–Crippen LogP) is 2.60. The van der Waals surface area contributed by atoms with E-state index in [1.807, 2.05) is 49.4 Å². The second-order valence-corrected chi connectivity index (χ2v) is 6.16. The highest BCUT2D eigenvalue weighted by molar-refractivity contribution is 5.47. The molecular formula is C19H19N3O3. The summed E-state index contributed by atoms with van der Waals surface area (Å²) in [6, 6.07) is 13.2. The second kappa shape index (κ2) is 5.89. The molecule has 128 valence electrons. The van der Waals surface area contributed by atoms with Crippen LogP contribution in [0.15, 0.2) is 48.7 Å². The number of aromatic nitrogens is 3. The number of methoxy groups -OCH3 is 1. The highest BCUT2D eigenvalue weighted by atomic mass is 16.5. The van der Waals surface area contributed by atoms with Gasteiger partial charge in [0.15, 0.2) is 0 Å². The summed E-state index contributed by atoms with van der Waals surface area (Å²) in [6.45, 7) is 2.42. The smallest absolute Gasteiger partial charge is 0.142 e. The summed E-state index contributed by atoms with van der Waals surface area (Å²) in [5, 5.41) is 19.8. The van der Waals surface area contributed by atoms with E-state index < -0.39 is 5.60 Å². The molecular weight excluding hydrogens is 318 g/mol. The Labute approximate surface area is 145 Å². The maximum absolute atomic E-state index is 11.3. The Morgan fingerprint density at radius 1 is 1.24 bits per heavy atom. The molecule has 2 heterocycles. The Morgan fingerprint density at radius 3 is 2.88 bits per heavy atom. The fourth-order valence-electron chi connectivity index (χ4n) is 3.23. The number of benzene rings is 2. The number of hydrogen-bond donors (Lipinski definition) is 1. The molecule has 1 N–H and O–H groups in total. The second-order valence-electron chi connectivity index (χ2n) is 6.16. The van der Waals surface area contributed by atoms with Gasteiger partial charge in [-0.2, -0.15) is 0 Å². The number of aliphatic hydroxyl groups is 1. The molecule has 0 saturated carbocycles. The minimum atomic E-state index is -1.20. The zero-order valence-corrected chi connectivity index (χ0v) is 14.1. The number of nitrogens with zero attached hydrogens (tertiary/aromatic N) is 3. The summed E-state index contributed by atoms with van der Waals surface area (Å²) in [5.41, 5.74) is 1.94. The molecule has 0 fully saturated rings. The normalized spacial score (nSPS) is 19.2. The minimum Gasteiger partial charge on any atom is -0.497 e. The van der Waals surface area contributed by atoms with E-state index >= 15 is 0 Å². The van der Waals surface area contributed by atoms with Crippen molar-refractivity contribution in [1.82, 2.24) is 15.0 Å². The Hall–Kier alpha value is -2.86. The summed E-state index contributed by atoms with van der Waals surface area (Å²) < 4.78 is 12.6. The quantitative estimate of drug-likeness (QED) is 0.795. The van der Waals surface area contributed by atoms with E-state index in [1.165, 1.54) is 0 Å². The van der Waals surface area contributed by atoms with Crippen LogP contribution in [0.3, 0.4) is 0 Å². The first-order chi connectivity index (χ1) is 12.1. The number of para-hydroxylation sites is 1. The van der Waals surface area contributed by atoms with Gasteiger partial charge in [0, 0.05) is 12.0 Å². The fourth-order valence-corrected chi connectivity index (χ4v) is 3.23. The van der Waals surface area contributed by atoms with Gasteiger partial charge in [0.2, 0.25) is 0 Å². The number of rotatable bonds is 3. The van der Waals surface area contributed by atoms with Gasteiger partial charge in [-0.1, -0.05) is 23.4 Å². The van der Waals surface area contributed by atoms with Crippen molar-refractivity contribution in [3.63, 3.8) is 0 Å². The first-order valence-electron chi connectivity index (χ1n) is 8.14. The first-order valence-corrected chi connectivity index (χ1v) is 8.14. The van der Waals surface area contributed by atoms with Gasteiger partial charge in [0.25, 0.3) is 0 Å². The molecule has 1 unspecified atom stereocenters. The first kappa shape index (κ1) is 15.7. The Balaban J connectivity index is 1.75. The van der Waals surface area contributed by atoms with E-state index in [4.69, 9.17) is 9.47 Å². The summed E-state index contributed by atoms with van der Waals surface area (Å²) in [5.74, 6) is 1.48. The average molecular weight is 337 g/mol. The van der Waals surface area contributed by atoms with Crippen molar-refractivity contribution in [3.8, 4) is 17.2 Å². The lowest BCUT2D eigenvalue weighted by Crippen LogP contribution is -2.34. The molecule has 4 rings (SSSR count). The van der Waals surface area contributed by atoms with Gasteiger partial charge in [0.1, 0.15) is 22.8 Å². The third-order valence-electron chi connectivity index (χ3n) is 4.62. The van der Waals surface area contributed by atoms with Gasteiger partial charge in [0.05, 0.1) is 25.6 Å². The van der Waals surface area contributed by atoms with Crippen LogP contribution in [-0.2, 0) is 5.60 Å². The zero-order valence-electron chi connectivity index (χ0n) is 14.1. The molecule has 0 amide bonds. The van der Waals surface area contributed by atoms with E-state index in [0.29, 0.717) is 24.5 Å². The van der Waals surface area contributed by atoms with Crippen molar-refractivity contribution in [2.45, 2.75) is 18.9 Å². The van der Waals surface area contributed by atoms with Gasteiger partial charge in [-0.3, -0.25) is 0 Å². The van der Waals surface area contributed by atoms with Gasteiger partial charge in [-0.15, -0.1) is 5.10 Å². The van der Waals surface area contributed by atoms with Gasteiger partial charge in [-0.25, -0.2) is 4.68 Å². The van der Waals surface area contributed by atoms with E-state index in [9.17, 15) is 5.11 Å². The molecule has 1 atom stereocenters. The largest absolute Gasteiger partial charge is 0.497 e. The molecule has 1 aromatic heterocycles. The molecule has 0 aliphatic carbocycles. The van der Waals surface area contributed by atoms with Crippen LogP contribution in [0.25, 0.3) is 5.69 Å². The molecule has 2 aromatic carbocycles. The van der Waals surface area contributed by atoms with Crippen molar-refractivity contribution in [2.75, 3.05) is 13.7 Å². The molecule has 0 saturated heterocycles. The maximum Gasteiger partial charge on any atom is 0.142 e. The van der Waals surface area contributed by atoms with E-state index in [2.05, 4.69) is 10.3 Å². The average Bonchev–Trinajstić information content (AvgIpc) is 3.12. The van der Waals surface area contributed by atoms with Crippen molar-refractivity contribution in [2.24, 2.45) is 0 Å². The van der Waals surface area contributed by atoms with E-state index in [0.717, 1.165) is 22.6 Å². The summed E-state index contributed by atoms with van der Waals surface area (Å²) in [6.07, 6.45) is 2.21. The Morgan fingerprint density at radius 2 is 2.08 bits per heavy atom. The molecule has 6 heteroatoms. The van der Waals surface area contributed by atoms with E-state index in [1.54, 1.807) is 18.0 Å². The number of ether oxygens (including phenoxy) is 2. The molecule has 0 bridgehead atoms. The third kappa shape index (κ3) is 2.55. The summed E-state index contributed by atoms with van der Waals surface area (Å²) >= 11 is 0. The zero-order chi connectivity index (χ0) is 17.4. The van der Waals surface area contributed by atoms with Crippen LogP contribution in [0.5, 0.6) is 11.5 Å². The molecule has 1 aliphatic rings. The molecule has 1 aliphatic heterocycles. The lowest BCUT2D eigenvalue weighted by atomic mass is 9.85. The SMILES string of the molecule is COc1ccc(-n2cc(C3(O)CCOc4ccccc43)nn2)c(C)c1. The highest BCUT2D eigenvalue weighted by Crippen LogP contribution is 2.40. The Bertz CT molecular complexity index is 922. The highest BCUT2D eigenvalue weighted by Gasteiger charge is 2.39. The van der Waals surface area contributed by atoms with Crippen LogP contribution >= 0.6 is 0 Å². The number of hydrogen-bond acceptors (Lipinski definition) is 5. The van der Waals surface area contributed by atoms with Crippen molar-refractivity contribution in [3.05, 3.63) is 65.5 Å². The molecule has 3 aromatic rings. The van der Waals surface area contributed by atoms with Gasteiger partial charge < -0.3 is 14.6 Å². The third-order valence-corrected chi connectivity index (χ3v) is 4.62. The maximum atomic E-state index is 11.3. The molecule has 25 heavy (non-hydrogen) atoms. The number of fused-ring (bicyclic) bond motifs is 1. The summed E-state index contributed by atoms with van der Waals surface area (Å²) in [4.78, 5) is 0. The van der Waals surface area contributed by atoms with Crippen LogP contribution < -0.4 is 9.47 Å². The summed E-state index contributed by atoms with van der Waals surface area (Å²) in [7, 11) is 1.64. The van der Waals surface area contributed by atoms with Crippen LogP contribution in [-0.4, -0.2) is 33.8 Å².